The van der Waals surface area contributed by atoms with Crippen molar-refractivity contribution in [1.82, 2.24) is 24.9 Å². The van der Waals surface area contributed by atoms with Crippen LogP contribution in [0.2, 0.25) is 0 Å². The molecule has 1 aromatic heterocycles. The van der Waals surface area contributed by atoms with Crippen LogP contribution >= 0.6 is 0 Å². The summed E-state index contributed by atoms with van der Waals surface area (Å²) in [6, 6.07) is 0. The van der Waals surface area contributed by atoms with Crippen molar-refractivity contribution in [3.8, 4) is 0 Å². The van der Waals surface area contributed by atoms with Crippen LogP contribution < -0.4 is 5.32 Å². The molecule has 8 nitrogen and oxygen atoms in total. The summed E-state index contributed by atoms with van der Waals surface area (Å²) in [5, 5.41) is 8.02. The largest absolute Gasteiger partial charge is 0.444 e. The molecule has 1 N–H and O–H groups in total. The van der Waals surface area contributed by atoms with Crippen molar-refractivity contribution in [2.24, 2.45) is 18.0 Å². The number of aromatic nitrogens is 2. The number of hydrogen-bond acceptors (Lipinski definition) is 4. The highest BCUT2D eigenvalue weighted by molar-refractivity contribution is 5.80. The van der Waals surface area contributed by atoms with Crippen LogP contribution in [0.15, 0.2) is 4.99 Å². The Morgan fingerprint density at radius 2 is 1.94 bits per heavy atom. The molecule has 2 rings (SSSR count). The third-order valence-corrected chi connectivity index (χ3v) is 5.95. The fraction of sp³-hybridized carbons (Fsp3) is 0.783. The topological polar surface area (TPSA) is 75.0 Å². The molecule has 0 aromatic carbocycles. The van der Waals surface area contributed by atoms with Gasteiger partial charge in [0, 0.05) is 52.5 Å². The number of aliphatic imine (C=N–C) groups is 1. The minimum atomic E-state index is -0.459. The molecule has 1 fully saturated rings. The lowest BCUT2D eigenvalue weighted by atomic mass is 9.96. The van der Waals surface area contributed by atoms with E-state index < -0.39 is 5.60 Å². The lowest BCUT2D eigenvalue weighted by Gasteiger charge is -2.36. The van der Waals surface area contributed by atoms with Crippen molar-refractivity contribution in [3.63, 3.8) is 0 Å². The number of ether oxygens (including phenoxy) is 1. The van der Waals surface area contributed by atoms with Gasteiger partial charge in [-0.1, -0.05) is 0 Å². The van der Waals surface area contributed by atoms with Gasteiger partial charge < -0.3 is 19.9 Å². The van der Waals surface area contributed by atoms with Gasteiger partial charge in [0.25, 0.3) is 0 Å². The Balaban J connectivity index is 1.81. The molecule has 0 saturated carbocycles. The molecule has 0 unspecified atom stereocenters. The molecule has 176 valence electrons. The maximum absolute atomic E-state index is 12.4. The van der Waals surface area contributed by atoms with E-state index in [1.807, 2.05) is 51.4 Å². The Morgan fingerprint density at radius 3 is 2.42 bits per heavy atom. The number of carbonyl (C=O) groups excluding carboxylic acids is 1. The lowest BCUT2D eigenvalue weighted by Crippen LogP contribution is -2.48. The first-order valence-electron chi connectivity index (χ1n) is 11.5. The second-order valence-corrected chi connectivity index (χ2v) is 9.45. The van der Waals surface area contributed by atoms with E-state index >= 15 is 0 Å². The van der Waals surface area contributed by atoms with Crippen molar-refractivity contribution in [2.75, 3.05) is 39.8 Å². The smallest absolute Gasteiger partial charge is 0.410 e. The Morgan fingerprint density at radius 1 is 1.29 bits per heavy atom. The van der Waals surface area contributed by atoms with E-state index in [0.717, 1.165) is 57.1 Å². The summed E-state index contributed by atoms with van der Waals surface area (Å²) in [6.07, 6.45) is 2.81. The van der Waals surface area contributed by atoms with Gasteiger partial charge in [0.2, 0.25) is 0 Å². The molecule has 1 aliphatic heterocycles. The van der Waals surface area contributed by atoms with Gasteiger partial charge in [0.15, 0.2) is 5.96 Å². The van der Waals surface area contributed by atoms with Crippen LogP contribution in [-0.4, -0.2) is 77.0 Å². The Kier molecular flexibility index (Phi) is 8.77. The standard InChI is InChI=1S/C23H42N6O2/c1-9-28(22(30)31-23(4,5)6)16-19-11-14-29(15-12-19)21(24-7)25-13-10-20-17(2)26-27(8)18(20)3/h19H,9-16H2,1-8H3,(H,24,25). The van der Waals surface area contributed by atoms with Gasteiger partial charge in [0.1, 0.15) is 5.60 Å². The van der Waals surface area contributed by atoms with Gasteiger partial charge in [-0.3, -0.25) is 9.67 Å². The maximum atomic E-state index is 12.4. The van der Waals surface area contributed by atoms with Gasteiger partial charge >= 0.3 is 6.09 Å². The van der Waals surface area contributed by atoms with Gasteiger partial charge in [-0.15, -0.1) is 0 Å². The lowest BCUT2D eigenvalue weighted by molar-refractivity contribution is 0.0214. The molecule has 0 bridgehead atoms. The number of hydrogen-bond donors (Lipinski definition) is 1. The molecule has 0 spiro atoms. The van der Waals surface area contributed by atoms with E-state index in [4.69, 9.17) is 4.74 Å². The molecule has 31 heavy (non-hydrogen) atoms. The maximum Gasteiger partial charge on any atom is 0.410 e. The Hall–Kier alpha value is -2.25. The van der Waals surface area contributed by atoms with Gasteiger partial charge in [0.05, 0.1) is 5.69 Å². The number of aryl methyl sites for hydroxylation is 2. The number of nitrogens with one attached hydrogen (secondary N) is 1. The summed E-state index contributed by atoms with van der Waals surface area (Å²) in [7, 11) is 3.83. The van der Waals surface area contributed by atoms with E-state index in [-0.39, 0.29) is 6.09 Å². The number of guanidine groups is 1. The molecule has 1 aliphatic rings. The van der Waals surface area contributed by atoms with E-state index in [9.17, 15) is 4.79 Å². The zero-order valence-corrected chi connectivity index (χ0v) is 20.8. The number of rotatable bonds is 6. The summed E-state index contributed by atoms with van der Waals surface area (Å²) in [4.78, 5) is 21.1. The van der Waals surface area contributed by atoms with Gasteiger partial charge in [-0.2, -0.15) is 5.10 Å². The fourth-order valence-corrected chi connectivity index (χ4v) is 4.11. The molecular formula is C23H42N6O2. The Labute approximate surface area is 188 Å². The first-order valence-corrected chi connectivity index (χ1v) is 11.5. The van der Waals surface area contributed by atoms with Crippen LogP contribution in [0, 0.1) is 19.8 Å². The molecule has 2 heterocycles. The quantitative estimate of drug-likeness (QED) is 0.550. The summed E-state index contributed by atoms with van der Waals surface area (Å²) < 4.78 is 7.50. The van der Waals surface area contributed by atoms with Crippen molar-refractivity contribution >= 4 is 12.1 Å². The van der Waals surface area contributed by atoms with Crippen LogP contribution in [0.5, 0.6) is 0 Å². The summed E-state index contributed by atoms with van der Waals surface area (Å²) in [5.41, 5.74) is 3.17. The predicted molar refractivity (Wildman–Crippen MR) is 126 cm³/mol. The van der Waals surface area contributed by atoms with Crippen molar-refractivity contribution < 1.29 is 9.53 Å². The normalized spacial score (nSPS) is 15.9. The number of nitrogens with zero attached hydrogens (tertiary/aromatic N) is 5. The summed E-state index contributed by atoms with van der Waals surface area (Å²) in [6.45, 7) is 16.1. The van der Waals surface area contributed by atoms with E-state index in [0.29, 0.717) is 12.5 Å². The summed E-state index contributed by atoms with van der Waals surface area (Å²) in [5.74, 6) is 1.44. The minimum Gasteiger partial charge on any atom is -0.444 e. The highest BCUT2D eigenvalue weighted by atomic mass is 16.6. The number of carbonyl (C=O) groups is 1. The molecule has 8 heteroatoms. The van der Waals surface area contributed by atoms with Gasteiger partial charge in [-0.05, 0) is 72.3 Å². The van der Waals surface area contributed by atoms with Crippen LogP contribution in [-0.2, 0) is 18.2 Å². The SMILES string of the molecule is CCN(CC1CCN(C(=NC)NCCc2c(C)nn(C)c2C)CC1)C(=O)OC(C)(C)C. The Bertz CT molecular complexity index is 757. The molecule has 1 amide bonds. The van der Waals surface area contributed by atoms with E-state index in [1.165, 1.54) is 11.3 Å². The molecular weight excluding hydrogens is 392 g/mol. The average Bonchev–Trinajstić information content (AvgIpc) is 2.94. The summed E-state index contributed by atoms with van der Waals surface area (Å²) >= 11 is 0. The van der Waals surface area contributed by atoms with Gasteiger partial charge in [-0.25, -0.2) is 4.79 Å². The zero-order chi connectivity index (χ0) is 23.2. The molecule has 0 radical (unpaired) electrons. The first kappa shape index (κ1) is 25.0. The van der Waals surface area contributed by atoms with Crippen molar-refractivity contribution in [2.45, 2.75) is 66.4 Å². The average molecular weight is 435 g/mol. The first-order chi connectivity index (χ1) is 14.6. The zero-order valence-electron chi connectivity index (χ0n) is 20.8. The molecule has 0 aliphatic carbocycles. The number of piperidine rings is 1. The highest BCUT2D eigenvalue weighted by Gasteiger charge is 2.27. The monoisotopic (exact) mass is 434 g/mol. The number of likely N-dealkylation sites (tertiary alicyclic amines) is 1. The van der Waals surface area contributed by atoms with Crippen LogP contribution in [0.4, 0.5) is 4.79 Å². The van der Waals surface area contributed by atoms with Crippen molar-refractivity contribution in [1.29, 1.82) is 0 Å². The molecule has 0 atom stereocenters. The van der Waals surface area contributed by atoms with Crippen molar-refractivity contribution in [3.05, 3.63) is 17.0 Å². The van der Waals surface area contributed by atoms with E-state index in [1.54, 1.807) is 0 Å². The number of amides is 1. The predicted octanol–water partition coefficient (Wildman–Crippen LogP) is 3.12. The minimum absolute atomic E-state index is 0.212. The fourth-order valence-electron chi connectivity index (χ4n) is 4.11. The molecule has 1 saturated heterocycles. The third-order valence-electron chi connectivity index (χ3n) is 5.95. The molecule has 1 aromatic rings. The van der Waals surface area contributed by atoms with Crippen LogP contribution in [0.3, 0.4) is 0 Å². The second kappa shape index (κ2) is 10.9. The van der Waals surface area contributed by atoms with Crippen LogP contribution in [0.25, 0.3) is 0 Å². The van der Waals surface area contributed by atoms with Crippen LogP contribution in [0.1, 0.15) is 57.5 Å². The second-order valence-electron chi connectivity index (χ2n) is 9.45. The van der Waals surface area contributed by atoms with E-state index in [2.05, 4.69) is 34.2 Å². The third kappa shape index (κ3) is 7.14. The highest BCUT2D eigenvalue weighted by Crippen LogP contribution is 2.20.